The fourth-order valence-corrected chi connectivity index (χ4v) is 4.12. The van der Waals surface area contributed by atoms with Crippen molar-refractivity contribution in [2.75, 3.05) is 5.32 Å². The number of nitrogens with one attached hydrogen (secondary N) is 2. The molecule has 0 bridgehead atoms. The lowest BCUT2D eigenvalue weighted by atomic mass is 10.1. The molecule has 2 rings (SSSR count). The van der Waals surface area contributed by atoms with E-state index in [-0.39, 0.29) is 23.9 Å². The molecule has 18 heteroatoms. The highest BCUT2D eigenvalue weighted by molar-refractivity contribution is 7.91. The molecule has 3 amide bonds. The van der Waals surface area contributed by atoms with E-state index >= 15 is 0 Å². The number of carboxylic acid groups (broad SMARTS) is 1. The van der Waals surface area contributed by atoms with Gasteiger partial charge in [-0.25, -0.2) is 13.6 Å². The van der Waals surface area contributed by atoms with E-state index in [1.165, 1.54) is 0 Å². The van der Waals surface area contributed by atoms with Gasteiger partial charge in [-0.05, 0) is 25.7 Å². The molecule has 0 aliphatic carbocycles. The summed E-state index contributed by atoms with van der Waals surface area (Å²) >= 11 is 0.657. The lowest BCUT2D eigenvalue weighted by molar-refractivity contribution is -0.140. The Morgan fingerprint density at radius 1 is 1.09 bits per heavy atom. The van der Waals surface area contributed by atoms with Crippen molar-refractivity contribution in [2.24, 2.45) is 10.9 Å². The second-order valence-electron chi connectivity index (χ2n) is 7.37. The van der Waals surface area contributed by atoms with E-state index in [9.17, 15) is 27.6 Å². The molecular formula is C17H25N9O7S2. The second kappa shape index (κ2) is 12.8. The first-order valence-electron chi connectivity index (χ1n) is 10.3. The SMILES string of the molecule is NC(=O)[C@H](CC(=O)O)NC(=O)CCCCn1cc(CCCC(=O)Nc2nnc(S(N)(=O)=O)s2)nn1. The molecule has 0 radical (unpaired) electrons. The number of aliphatic carboxylic acids is 1. The number of rotatable bonds is 15. The van der Waals surface area contributed by atoms with Crippen LogP contribution in [0.1, 0.15) is 44.2 Å². The fraction of sp³-hybridized carbons (Fsp3) is 0.529. The third kappa shape index (κ3) is 10.1. The highest BCUT2D eigenvalue weighted by Crippen LogP contribution is 2.18. The van der Waals surface area contributed by atoms with Crippen molar-refractivity contribution in [3.05, 3.63) is 11.9 Å². The zero-order chi connectivity index (χ0) is 26.0. The molecule has 7 N–H and O–H groups in total. The number of anilines is 1. The van der Waals surface area contributed by atoms with Crippen LogP contribution in [0.25, 0.3) is 0 Å². The first kappa shape index (κ1) is 27.7. The van der Waals surface area contributed by atoms with Crippen molar-refractivity contribution < 1.29 is 32.7 Å². The minimum Gasteiger partial charge on any atom is -0.481 e. The van der Waals surface area contributed by atoms with Crippen molar-refractivity contribution in [3.63, 3.8) is 0 Å². The number of nitrogens with two attached hydrogens (primary N) is 2. The number of primary sulfonamides is 1. The van der Waals surface area contributed by atoms with Crippen LogP contribution in [0.2, 0.25) is 0 Å². The summed E-state index contributed by atoms with van der Waals surface area (Å²) in [6.45, 7) is 0.485. The Kier molecular flexibility index (Phi) is 10.2. The number of primary amides is 1. The van der Waals surface area contributed by atoms with Gasteiger partial charge in [0.1, 0.15) is 6.04 Å². The molecule has 2 heterocycles. The smallest absolute Gasteiger partial charge is 0.305 e. The predicted octanol–water partition coefficient (Wildman–Crippen LogP) is -1.65. The molecule has 35 heavy (non-hydrogen) atoms. The van der Waals surface area contributed by atoms with Crippen LogP contribution in [0.15, 0.2) is 10.5 Å². The molecule has 2 aromatic heterocycles. The topological polar surface area (TPSA) is 255 Å². The van der Waals surface area contributed by atoms with Crippen LogP contribution in [0.5, 0.6) is 0 Å². The Labute approximate surface area is 203 Å². The van der Waals surface area contributed by atoms with Gasteiger partial charge in [0.05, 0.1) is 12.1 Å². The van der Waals surface area contributed by atoms with E-state index in [1.54, 1.807) is 10.9 Å². The molecule has 0 spiro atoms. The number of sulfonamides is 1. The predicted molar refractivity (Wildman–Crippen MR) is 120 cm³/mol. The van der Waals surface area contributed by atoms with Gasteiger partial charge in [-0.2, -0.15) is 0 Å². The number of nitrogens with zero attached hydrogens (tertiary/aromatic N) is 5. The normalized spacial score (nSPS) is 12.1. The fourth-order valence-electron chi connectivity index (χ4n) is 2.77. The van der Waals surface area contributed by atoms with Crippen molar-refractivity contribution in [2.45, 2.75) is 61.9 Å². The maximum absolute atomic E-state index is 12.0. The number of carbonyl (C=O) groups is 4. The summed E-state index contributed by atoms with van der Waals surface area (Å²) in [7, 11) is -3.97. The van der Waals surface area contributed by atoms with Crippen LogP contribution in [-0.4, -0.2) is 68.4 Å². The Hall–Kier alpha value is -3.51. The minimum atomic E-state index is -3.97. The van der Waals surface area contributed by atoms with Gasteiger partial charge in [0.25, 0.3) is 10.0 Å². The molecule has 0 aliphatic heterocycles. The third-order valence-corrected chi connectivity index (χ3v) is 6.57. The average molecular weight is 532 g/mol. The molecule has 0 saturated carbocycles. The van der Waals surface area contributed by atoms with Crippen LogP contribution in [0, 0.1) is 0 Å². The van der Waals surface area contributed by atoms with Gasteiger partial charge >= 0.3 is 5.97 Å². The van der Waals surface area contributed by atoms with Gasteiger partial charge < -0.3 is 21.5 Å². The van der Waals surface area contributed by atoms with Crippen molar-refractivity contribution in [1.29, 1.82) is 0 Å². The van der Waals surface area contributed by atoms with Gasteiger partial charge in [0.2, 0.25) is 27.2 Å². The van der Waals surface area contributed by atoms with Crippen LogP contribution in [-0.2, 0) is 42.2 Å². The number of unbranched alkanes of at least 4 members (excludes halogenated alkanes) is 1. The molecule has 192 valence electrons. The molecule has 2 aromatic rings. The Balaban J connectivity index is 1.65. The van der Waals surface area contributed by atoms with Crippen LogP contribution in [0.3, 0.4) is 0 Å². The summed E-state index contributed by atoms with van der Waals surface area (Å²) in [5, 5.41) is 33.4. The van der Waals surface area contributed by atoms with Gasteiger partial charge in [0, 0.05) is 25.6 Å². The Bertz CT molecular complexity index is 1160. The van der Waals surface area contributed by atoms with E-state index < -0.39 is 44.6 Å². The van der Waals surface area contributed by atoms with Gasteiger partial charge in [-0.15, -0.1) is 15.3 Å². The minimum absolute atomic E-state index is 0.0330. The van der Waals surface area contributed by atoms with Crippen molar-refractivity contribution >= 4 is 50.2 Å². The van der Waals surface area contributed by atoms with Crippen molar-refractivity contribution in [3.8, 4) is 0 Å². The van der Waals surface area contributed by atoms with Gasteiger partial charge in [-0.3, -0.25) is 23.9 Å². The molecular weight excluding hydrogens is 506 g/mol. The number of aromatic nitrogens is 5. The summed E-state index contributed by atoms with van der Waals surface area (Å²) in [5.74, 6) is -2.99. The molecule has 0 unspecified atom stereocenters. The molecule has 0 saturated heterocycles. The van der Waals surface area contributed by atoms with Gasteiger partial charge in [0.15, 0.2) is 0 Å². The zero-order valence-corrected chi connectivity index (χ0v) is 20.0. The quantitative estimate of drug-likeness (QED) is 0.128. The van der Waals surface area contributed by atoms with E-state index in [1.807, 2.05) is 0 Å². The number of carbonyl (C=O) groups excluding carboxylic acids is 3. The van der Waals surface area contributed by atoms with Crippen LogP contribution >= 0.6 is 11.3 Å². The number of aryl methyl sites for hydroxylation is 2. The summed E-state index contributed by atoms with van der Waals surface area (Å²) in [5.41, 5.74) is 5.75. The monoisotopic (exact) mass is 531 g/mol. The lowest BCUT2D eigenvalue weighted by Gasteiger charge is -2.13. The lowest BCUT2D eigenvalue weighted by Crippen LogP contribution is -2.45. The molecule has 16 nitrogen and oxygen atoms in total. The highest BCUT2D eigenvalue weighted by atomic mass is 32.2. The third-order valence-electron chi connectivity index (χ3n) is 4.42. The molecule has 1 atom stereocenters. The summed E-state index contributed by atoms with van der Waals surface area (Å²) < 4.78 is 23.6. The van der Waals surface area contributed by atoms with Crippen LogP contribution in [0.4, 0.5) is 5.13 Å². The number of hydrogen-bond donors (Lipinski definition) is 5. The Morgan fingerprint density at radius 3 is 2.43 bits per heavy atom. The zero-order valence-electron chi connectivity index (χ0n) is 18.4. The molecule has 0 aliphatic rings. The highest BCUT2D eigenvalue weighted by Gasteiger charge is 2.21. The summed E-state index contributed by atoms with van der Waals surface area (Å²) in [6.07, 6.45) is 3.37. The number of hydrogen-bond acceptors (Lipinski definition) is 11. The Morgan fingerprint density at radius 2 is 1.80 bits per heavy atom. The standard InChI is InChI=1S/C17H25N9O7S2/c18-15(31)11(8-14(29)30)20-12(27)5-1-2-7-26-9-10(22-25-26)4-3-6-13(28)21-16-23-24-17(34-16)35(19,32)33/h9,11H,1-8H2,(H2,18,31)(H,20,27)(H,29,30)(H2,19,32,33)(H,21,23,28)/t11-/m0/s1. The number of carboxylic acids is 1. The van der Waals surface area contributed by atoms with E-state index in [0.29, 0.717) is 49.3 Å². The van der Waals surface area contributed by atoms with Gasteiger partial charge in [-0.1, -0.05) is 16.6 Å². The first-order valence-corrected chi connectivity index (χ1v) is 12.7. The maximum atomic E-state index is 12.0. The molecule has 0 fully saturated rings. The van der Waals surface area contributed by atoms with E-state index in [2.05, 4.69) is 31.1 Å². The van der Waals surface area contributed by atoms with E-state index in [0.717, 1.165) is 0 Å². The maximum Gasteiger partial charge on any atom is 0.305 e. The average Bonchev–Trinajstić information content (AvgIpc) is 3.40. The second-order valence-corrected chi connectivity index (χ2v) is 10.1. The van der Waals surface area contributed by atoms with Crippen molar-refractivity contribution in [1.82, 2.24) is 30.5 Å². The van der Waals surface area contributed by atoms with Crippen LogP contribution < -0.4 is 21.5 Å². The molecule has 0 aromatic carbocycles. The van der Waals surface area contributed by atoms with E-state index in [4.69, 9.17) is 16.0 Å². The summed E-state index contributed by atoms with van der Waals surface area (Å²) in [6, 6.07) is -1.25. The first-order chi connectivity index (χ1) is 16.4. The number of amides is 3. The summed E-state index contributed by atoms with van der Waals surface area (Å²) in [4.78, 5) is 45.7. The largest absolute Gasteiger partial charge is 0.481 e.